The van der Waals surface area contributed by atoms with Crippen molar-refractivity contribution in [3.05, 3.63) is 48.0 Å². The van der Waals surface area contributed by atoms with Gasteiger partial charge in [-0.1, -0.05) is 19.1 Å². The first-order chi connectivity index (χ1) is 16.1. The van der Waals surface area contributed by atoms with Crippen LogP contribution in [0, 0.1) is 5.92 Å². The number of nitrogens with one attached hydrogen (secondary N) is 1. The van der Waals surface area contributed by atoms with Gasteiger partial charge in [-0.25, -0.2) is 8.42 Å². The van der Waals surface area contributed by atoms with Gasteiger partial charge >= 0.3 is 0 Å². The normalized spacial score (nSPS) is 17.4. The van der Waals surface area contributed by atoms with Crippen molar-refractivity contribution in [1.29, 1.82) is 0 Å². The Morgan fingerprint density at radius 3 is 2.44 bits per heavy atom. The highest BCUT2D eigenvalue weighted by atomic mass is 32.2. The average Bonchev–Trinajstić information content (AvgIpc) is 2.83. The minimum atomic E-state index is -3.88. The third-order valence-corrected chi connectivity index (χ3v) is 8.02. The van der Waals surface area contributed by atoms with Crippen LogP contribution in [0.4, 0.5) is 5.69 Å². The molecule has 0 aromatic heterocycles. The summed E-state index contributed by atoms with van der Waals surface area (Å²) in [6.45, 7) is 5.99. The van der Waals surface area contributed by atoms with E-state index in [4.69, 9.17) is 9.47 Å². The number of hydrogen-bond acceptors (Lipinski definition) is 6. The lowest BCUT2D eigenvalue weighted by Crippen LogP contribution is -2.39. The van der Waals surface area contributed by atoms with E-state index in [1.807, 2.05) is 19.1 Å². The number of ether oxygens (including phenoxy) is 2. The summed E-state index contributed by atoms with van der Waals surface area (Å²) in [4.78, 5) is 15.0. The van der Waals surface area contributed by atoms with Gasteiger partial charge in [0.25, 0.3) is 0 Å². The molecule has 0 bridgehead atoms. The third-order valence-electron chi connectivity index (χ3n) is 6.22. The van der Waals surface area contributed by atoms with Gasteiger partial charge in [0.15, 0.2) is 11.5 Å². The van der Waals surface area contributed by atoms with E-state index in [0.717, 1.165) is 23.0 Å². The van der Waals surface area contributed by atoms with Crippen LogP contribution < -0.4 is 19.7 Å². The highest BCUT2D eigenvalue weighted by molar-refractivity contribution is 7.89. The monoisotopic (exact) mass is 489 g/mol. The highest BCUT2D eigenvalue weighted by Gasteiger charge is 2.25. The molecule has 3 rings (SSSR count). The summed E-state index contributed by atoms with van der Waals surface area (Å²) < 4.78 is 37.3. The molecular formula is C25H35N3O5S. The Morgan fingerprint density at radius 2 is 1.82 bits per heavy atom. The molecule has 1 amide bonds. The predicted octanol–water partition coefficient (Wildman–Crippen LogP) is 3.44. The standard InChI is InChI=1S/C25H35N3O5S/c1-18-7-6-14-28(16-18)21-10-8-20(9-11-21)19(2)26-25(29)17-27(3)34(30,31)22-12-13-23(32-4)24(15-22)33-5/h8-13,15,18-19H,6-7,14,16-17H2,1-5H3,(H,26,29). The molecule has 9 heteroatoms. The van der Waals surface area contributed by atoms with E-state index in [0.29, 0.717) is 17.4 Å². The summed E-state index contributed by atoms with van der Waals surface area (Å²) in [5.41, 5.74) is 2.15. The molecule has 0 radical (unpaired) electrons. The molecule has 2 unspecified atom stereocenters. The van der Waals surface area contributed by atoms with Gasteiger partial charge in [-0.15, -0.1) is 0 Å². The van der Waals surface area contributed by atoms with Crippen LogP contribution in [0.15, 0.2) is 47.4 Å². The number of piperidine rings is 1. The Bertz CT molecular complexity index is 1090. The van der Waals surface area contributed by atoms with Gasteiger partial charge < -0.3 is 19.7 Å². The van der Waals surface area contributed by atoms with E-state index >= 15 is 0 Å². The molecule has 1 aliphatic heterocycles. The number of methoxy groups -OCH3 is 2. The quantitative estimate of drug-likeness (QED) is 0.581. The molecule has 2 aromatic rings. The molecule has 2 atom stereocenters. The summed E-state index contributed by atoms with van der Waals surface area (Å²) >= 11 is 0. The lowest BCUT2D eigenvalue weighted by Gasteiger charge is -2.33. The van der Waals surface area contributed by atoms with Crippen molar-refractivity contribution in [2.45, 2.75) is 37.6 Å². The third kappa shape index (κ3) is 6.01. The van der Waals surface area contributed by atoms with E-state index in [-0.39, 0.29) is 23.4 Å². The Labute approximate surface area is 202 Å². The Kier molecular flexibility index (Phi) is 8.43. The fourth-order valence-electron chi connectivity index (χ4n) is 4.21. The van der Waals surface area contributed by atoms with E-state index in [2.05, 4.69) is 29.3 Å². The average molecular weight is 490 g/mol. The number of likely N-dealkylation sites (N-methyl/N-ethyl adjacent to an activating group) is 1. The maximum atomic E-state index is 12.9. The number of carbonyl (C=O) groups is 1. The van der Waals surface area contributed by atoms with Crippen LogP contribution in [-0.4, -0.2) is 59.5 Å². The van der Waals surface area contributed by atoms with Crippen molar-refractivity contribution in [3.63, 3.8) is 0 Å². The first-order valence-corrected chi connectivity index (χ1v) is 12.9. The van der Waals surface area contributed by atoms with Crippen molar-refractivity contribution in [2.75, 3.05) is 45.8 Å². The molecule has 1 fully saturated rings. The number of benzene rings is 2. The van der Waals surface area contributed by atoms with Gasteiger partial charge in [0, 0.05) is 31.9 Å². The maximum absolute atomic E-state index is 12.9. The van der Waals surface area contributed by atoms with E-state index in [1.165, 1.54) is 58.0 Å². The Morgan fingerprint density at radius 1 is 1.15 bits per heavy atom. The number of anilines is 1. The van der Waals surface area contributed by atoms with Crippen LogP contribution in [0.3, 0.4) is 0 Å². The molecule has 0 spiro atoms. The summed E-state index contributed by atoms with van der Waals surface area (Å²) in [7, 11) is 0.411. The van der Waals surface area contributed by atoms with Crippen molar-refractivity contribution in [2.24, 2.45) is 5.92 Å². The lowest BCUT2D eigenvalue weighted by atomic mass is 9.99. The van der Waals surface area contributed by atoms with E-state index in [9.17, 15) is 13.2 Å². The van der Waals surface area contributed by atoms with Crippen LogP contribution in [-0.2, 0) is 14.8 Å². The minimum absolute atomic E-state index is 0.0242. The van der Waals surface area contributed by atoms with Crippen LogP contribution in [0.25, 0.3) is 0 Å². The topological polar surface area (TPSA) is 88.2 Å². The van der Waals surface area contributed by atoms with Gasteiger partial charge in [-0.05, 0) is 55.5 Å². The van der Waals surface area contributed by atoms with Gasteiger partial charge in [-0.3, -0.25) is 4.79 Å². The first kappa shape index (κ1) is 25.8. The zero-order chi connectivity index (χ0) is 24.9. The summed E-state index contributed by atoms with van der Waals surface area (Å²) in [5, 5.41) is 2.89. The zero-order valence-corrected chi connectivity index (χ0v) is 21.4. The second-order valence-corrected chi connectivity index (χ2v) is 10.9. The smallest absolute Gasteiger partial charge is 0.243 e. The summed E-state index contributed by atoms with van der Waals surface area (Å²) in [6.07, 6.45) is 2.48. The Balaban J connectivity index is 1.61. The maximum Gasteiger partial charge on any atom is 0.243 e. The fourth-order valence-corrected chi connectivity index (χ4v) is 5.36. The zero-order valence-electron chi connectivity index (χ0n) is 20.6. The van der Waals surface area contributed by atoms with Gasteiger partial charge in [0.2, 0.25) is 15.9 Å². The largest absolute Gasteiger partial charge is 0.493 e. The highest BCUT2D eigenvalue weighted by Crippen LogP contribution is 2.30. The molecule has 1 heterocycles. The fraction of sp³-hybridized carbons (Fsp3) is 0.480. The second kappa shape index (κ2) is 11.1. The van der Waals surface area contributed by atoms with Crippen molar-refractivity contribution >= 4 is 21.6 Å². The molecule has 1 N–H and O–H groups in total. The van der Waals surface area contributed by atoms with Crippen molar-refractivity contribution < 1.29 is 22.7 Å². The Hall–Kier alpha value is -2.78. The minimum Gasteiger partial charge on any atom is -0.493 e. The first-order valence-electron chi connectivity index (χ1n) is 11.5. The molecule has 34 heavy (non-hydrogen) atoms. The molecule has 8 nitrogen and oxygen atoms in total. The molecule has 1 aliphatic rings. The van der Waals surface area contributed by atoms with Gasteiger partial charge in [0.05, 0.1) is 31.7 Å². The molecule has 0 aliphatic carbocycles. The molecular weight excluding hydrogens is 454 g/mol. The van der Waals surface area contributed by atoms with Crippen molar-refractivity contribution in [3.8, 4) is 11.5 Å². The number of carbonyl (C=O) groups excluding carboxylic acids is 1. The van der Waals surface area contributed by atoms with Gasteiger partial charge in [-0.2, -0.15) is 4.31 Å². The van der Waals surface area contributed by atoms with Gasteiger partial charge in [0.1, 0.15) is 0 Å². The predicted molar refractivity (Wildman–Crippen MR) is 133 cm³/mol. The van der Waals surface area contributed by atoms with E-state index < -0.39 is 10.0 Å². The molecule has 1 saturated heterocycles. The number of amides is 1. The number of hydrogen-bond donors (Lipinski definition) is 1. The lowest BCUT2D eigenvalue weighted by molar-refractivity contribution is -0.121. The van der Waals surface area contributed by atoms with Crippen LogP contribution in [0.1, 0.15) is 38.3 Å². The summed E-state index contributed by atoms with van der Waals surface area (Å²) in [6, 6.07) is 12.3. The molecule has 2 aromatic carbocycles. The van der Waals surface area contributed by atoms with Crippen LogP contribution in [0.2, 0.25) is 0 Å². The van der Waals surface area contributed by atoms with Crippen LogP contribution >= 0.6 is 0 Å². The molecule has 0 saturated carbocycles. The van der Waals surface area contributed by atoms with E-state index in [1.54, 1.807) is 0 Å². The number of nitrogens with zero attached hydrogens (tertiary/aromatic N) is 2. The molecule has 186 valence electrons. The number of sulfonamides is 1. The summed E-state index contributed by atoms with van der Waals surface area (Å²) in [5.74, 6) is 1.04. The SMILES string of the molecule is COc1ccc(S(=O)(=O)N(C)CC(=O)NC(C)c2ccc(N3CCCC(C)C3)cc2)cc1OC. The number of rotatable bonds is 9. The second-order valence-electron chi connectivity index (χ2n) is 8.85. The van der Waals surface area contributed by atoms with Crippen molar-refractivity contribution in [1.82, 2.24) is 9.62 Å². The van der Waals surface area contributed by atoms with Crippen LogP contribution in [0.5, 0.6) is 11.5 Å².